The second kappa shape index (κ2) is 7.79. The second-order valence-electron chi connectivity index (χ2n) is 7.59. The van der Waals surface area contributed by atoms with Crippen molar-refractivity contribution >= 4 is 29.2 Å². The van der Waals surface area contributed by atoms with Gasteiger partial charge in [0.25, 0.3) is 0 Å². The van der Waals surface area contributed by atoms with Crippen LogP contribution in [0.1, 0.15) is 43.2 Å². The Balaban J connectivity index is 0.00000182. The number of piperidine rings is 1. The summed E-state index contributed by atoms with van der Waals surface area (Å²) in [5, 5.41) is 8.04. The van der Waals surface area contributed by atoms with Crippen molar-refractivity contribution in [1.82, 2.24) is 15.6 Å². The van der Waals surface area contributed by atoms with Crippen molar-refractivity contribution in [2.75, 3.05) is 6.54 Å². The molecule has 2 saturated heterocycles. The molecule has 0 spiro atoms. The molecule has 2 aromatic rings. The van der Waals surface area contributed by atoms with E-state index in [-0.39, 0.29) is 18.3 Å². The van der Waals surface area contributed by atoms with Gasteiger partial charge >= 0.3 is 0 Å². The molecular weight excluding hydrogens is 334 g/mol. The van der Waals surface area contributed by atoms with Gasteiger partial charge in [-0.25, -0.2) is 0 Å². The lowest BCUT2D eigenvalue weighted by molar-refractivity contribution is -0.122. The average Bonchev–Trinajstić information content (AvgIpc) is 3.12. The normalized spacial score (nSPS) is 24.9. The fourth-order valence-corrected chi connectivity index (χ4v) is 4.58. The molecule has 3 heterocycles. The minimum absolute atomic E-state index is 0. The Labute approximate surface area is 155 Å². The standard InChI is InChI=1S/C20H27N3O.ClH/c1-13-3-2-4-18-15(12-22-20(13)18)7-8-21-19(24)11-14-9-16-5-6-17(10-14)23-16;/h2-4,12,14,16-17,22-23H,5-11H2,1H3,(H,21,24);1H. The Hall–Kier alpha value is -1.52. The second-order valence-corrected chi connectivity index (χ2v) is 7.59. The first-order valence-corrected chi connectivity index (χ1v) is 9.27. The van der Waals surface area contributed by atoms with Crippen LogP contribution in [0.15, 0.2) is 24.4 Å². The van der Waals surface area contributed by atoms with Crippen molar-refractivity contribution in [2.45, 2.75) is 57.5 Å². The minimum Gasteiger partial charge on any atom is -0.361 e. The predicted octanol–water partition coefficient (Wildman–Crippen LogP) is 3.48. The van der Waals surface area contributed by atoms with Crippen LogP contribution in [0.3, 0.4) is 0 Å². The van der Waals surface area contributed by atoms with Gasteiger partial charge in [0.1, 0.15) is 0 Å². The van der Waals surface area contributed by atoms with E-state index in [0.29, 0.717) is 24.4 Å². The molecule has 4 rings (SSSR count). The van der Waals surface area contributed by atoms with E-state index in [4.69, 9.17) is 0 Å². The van der Waals surface area contributed by atoms with Gasteiger partial charge in [0.2, 0.25) is 5.91 Å². The van der Waals surface area contributed by atoms with Crippen molar-refractivity contribution in [3.63, 3.8) is 0 Å². The highest BCUT2D eigenvalue weighted by Gasteiger charge is 2.34. The molecule has 3 N–H and O–H groups in total. The van der Waals surface area contributed by atoms with Gasteiger partial charge in [0, 0.05) is 42.1 Å². The molecule has 5 heteroatoms. The van der Waals surface area contributed by atoms with E-state index in [1.165, 1.54) is 47.7 Å². The number of nitrogens with one attached hydrogen (secondary N) is 3. The number of amides is 1. The zero-order valence-corrected chi connectivity index (χ0v) is 15.6. The van der Waals surface area contributed by atoms with Crippen molar-refractivity contribution < 1.29 is 4.79 Å². The van der Waals surface area contributed by atoms with Crippen LogP contribution in [-0.2, 0) is 11.2 Å². The lowest BCUT2D eigenvalue weighted by Gasteiger charge is -2.28. The molecule has 1 amide bonds. The number of carbonyl (C=O) groups excluding carboxylic acids is 1. The summed E-state index contributed by atoms with van der Waals surface area (Å²) in [6.45, 7) is 2.84. The average molecular weight is 362 g/mol. The van der Waals surface area contributed by atoms with Gasteiger partial charge in [-0.2, -0.15) is 0 Å². The molecule has 1 aromatic carbocycles. The molecule has 2 unspecified atom stereocenters. The Kier molecular flexibility index (Phi) is 5.70. The number of aromatic amines is 1. The van der Waals surface area contributed by atoms with E-state index < -0.39 is 0 Å². The number of aryl methyl sites for hydroxylation is 1. The van der Waals surface area contributed by atoms with Crippen LogP contribution in [-0.4, -0.2) is 29.5 Å². The summed E-state index contributed by atoms with van der Waals surface area (Å²) in [4.78, 5) is 15.6. The summed E-state index contributed by atoms with van der Waals surface area (Å²) >= 11 is 0. The summed E-state index contributed by atoms with van der Waals surface area (Å²) in [6, 6.07) is 7.70. The predicted molar refractivity (Wildman–Crippen MR) is 104 cm³/mol. The lowest BCUT2D eigenvalue weighted by Crippen LogP contribution is -2.39. The minimum atomic E-state index is 0. The van der Waals surface area contributed by atoms with Crippen LogP contribution in [0.2, 0.25) is 0 Å². The first-order valence-electron chi connectivity index (χ1n) is 9.27. The number of halogens is 1. The maximum absolute atomic E-state index is 12.3. The molecule has 0 saturated carbocycles. The molecular formula is C20H28ClN3O. The maximum Gasteiger partial charge on any atom is 0.220 e. The number of H-pyrrole nitrogens is 1. The molecule has 4 nitrogen and oxygen atoms in total. The zero-order valence-electron chi connectivity index (χ0n) is 14.8. The Bertz CT molecular complexity index is 730. The van der Waals surface area contributed by atoms with Crippen molar-refractivity contribution in [3.05, 3.63) is 35.5 Å². The quantitative estimate of drug-likeness (QED) is 0.763. The highest BCUT2D eigenvalue weighted by molar-refractivity contribution is 5.86. The van der Waals surface area contributed by atoms with Crippen LogP contribution in [0.25, 0.3) is 10.9 Å². The van der Waals surface area contributed by atoms with Crippen LogP contribution >= 0.6 is 12.4 Å². The Morgan fingerprint density at radius 2 is 2.00 bits per heavy atom. The van der Waals surface area contributed by atoms with Gasteiger partial charge in [0.15, 0.2) is 0 Å². The number of rotatable bonds is 5. The molecule has 0 radical (unpaired) electrons. The monoisotopic (exact) mass is 361 g/mol. The van der Waals surface area contributed by atoms with Gasteiger partial charge in [-0.15, -0.1) is 12.4 Å². The number of carbonyl (C=O) groups is 1. The van der Waals surface area contributed by atoms with Gasteiger partial charge in [0.05, 0.1) is 0 Å². The summed E-state index contributed by atoms with van der Waals surface area (Å²) in [5.41, 5.74) is 3.77. The van der Waals surface area contributed by atoms with Crippen LogP contribution in [0.5, 0.6) is 0 Å². The lowest BCUT2D eigenvalue weighted by atomic mass is 9.89. The fraction of sp³-hybridized carbons (Fsp3) is 0.550. The summed E-state index contributed by atoms with van der Waals surface area (Å²) in [7, 11) is 0. The number of aromatic nitrogens is 1. The largest absolute Gasteiger partial charge is 0.361 e. The van der Waals surface area contributed by atoms with E-state index in [9.17, 15) is 4.79 Å². The molecule has 136 valence electrons. The topological polar surface area (TPSA) is 56.9 Å². The molecule has 2 atom stereocenters. The van der Waals surface area contributed by atoms with Crippen LogP contribution in [0.4, 0.5) is 0 Å². The fourth-order valence-electron chi connectivity index (χ4n) is 4.58. The highest BCUT2D eigenvalue weighted by Crippen LogP contribution is 2.32. The van der Waals surface area contributed by atoms with Crippen molar-refractivity contribution in [2.24, 2.45) is 5.92 Å². The Morgan fingerprint density at radius 1 is 1.24 bits per heavy atom. The highest BCUT2D eigenvalue weighted by atomic mass is 35.5. The van der Waals surface area contributed by atoms with Crippen LogP contribution in [0, 0.1) is 12.8 Å². The van der Waals surface area contributed by atoms with Gasteiger partial charge < -0.3 is 15.6 Å². The van der Waals surface area contributed by atoms with Crippen molar-refractivity contribution in [3.8, 4) is 0 Å². The van der Waals surface area contributed by atoms with E-state index >= 15 is 0 Å². The summed E-state index contributed by atoms with van der Waals surface area (Å²) in [5.74, 6) is 0.789. The van der Waals surface area contributed by atoms with Crippen molar-refractivity contribution in [1.29, 1.82) is 0 Å². The van der Waals surface area contributed by atoms with Gasteiger partial charge in [-0.05, 0) is 56.1 Å². The molecule has 2 aliphatic heterocycles. The number of hydrogen-bond donors (Lipinski definition) is 3. The number of hydrogen-bond acceptors (Lipinski definition) is 2. The number of para-hydroxylation sites is 1. The van der Waals surface area contributed by atoms with E-state index in [0.717, 1.165) is 13.0 Å². The van der Waals surface area contributed by atoms with Crippen LogP contribution < -0.4 is 10.6 Å². The first kappa shape index (κ1) is 18.3. The summed E-state index contributed by atoms with van der Waals surface area (Å²) < 4.78 is 0. The van der Waals surface area contributed by atoms with E-state index in [1.54, 1.807) is 0 Å². The maximum atomic E-state index is 12.3. The van der Waals surface area contributed by atoms with E-state index in [2.05, 4.69) is 46.9 Å². The van der Waals surface area contributed by atoms with E-state index in [1.807, 2.05) is 0 Å². The number of benzene rings is 1. The molecule has 0 aliphatic carbocycles. The smallest absolute Gasteiger partial charge is 0.220 e. The SMILES string of the molecule is Cc1cccc2c(CCNC(=O)CC3CC4CCC(C3)N4)c[nH]c12.Cl. The third-order valence-electron chi connectivity index (χ3n) is 5.77. The first-order chi connectivity index (χ1) is 11.7. The Morgan fingerprint density at radius 3 is 2.76 bits per heavy atom. The molecule has 2 bridgehead atoms. The molecule has 2 fully saturated rings. The zero-order chi connectivity index (χ0) is 16.5. The third-order valence-corrected chi connectivity index (χ3v) is 5.77. The third kappa shape index (κ3) is 4.01. The van der Waals surface area contributed by atoms with Gasteiger partial charge in [-0.3, -0.25) is 4.79 Å². The van der Waals surface area contributed by atoms with Gasteiger partial charge in [-0.1, -0.05) is 18.2 Å². The molecule has 25 heavy (non-hydrogen) atoms. The summed E-state index contributed by atoms with van der Waals surface area (Å²) in [6.07, 6.45) is 8.59. The molecule has 2 aliphatic rings. The number of fused-ring (bicyclic) bond motifs is 3. The molecule has 1 aromatic heterocycles.